The summed E-state index contributed by atoms with van der Waals surface area (Å²) >= 11 is 0. The zero-order valence-corrected chi connectivity index (χ0v) is 18.1. The highest BCUT2D eigenvalue weighted by Crippen LogP contribution is 2.27. The molecule has 7 heteroatoms. The summed E-state index contributed by atoms with van der Waals surface area (Å²) in [4.78, 5) is 12.2. The van der Waals surface area contributed by atoms with Crippen LogP contribution >= 0.6 is 0 Å². The van der Waals surface area contributed by atoms with Crippen LogP contribution in [0.3, 0.4) is 0 Å². The van der Waals surface area contributed by atoms with E-state index in [1.54, 1.807) is 12.1 Å². The number of benzene rings is 2. The van der Waals surface area contributed by atoms with Gasteiger partial charge in [0.05, 0.1) is 18.3 Å². The first-order valence-corrected chi connectivity index (χ1v) is 11.0. The zero-order chi connectivity index (χ0) is 22.9. The maximum atomic E-state index is 13.7. The van der Waals surface area contributed by atoms with Gasteiger partial charge in [-0.25, -0.2) is 13.6 Å². The van der Waals surface area contributed by atoms with E-state index in [1.807, 2.05) is 0 Å². The van der Waals surface area contributed by atoms with Crippen LogP contribution < -0.4 is 9.47 Å². The van der Waals surface area contributed by atoms with Crippen LogP contribution in [-0.2, 0) is 4.74 Å². The molecule has 0 aliphatic heterocycles. The van der Waals surface area contributed by atoms with E-state index in [4.69, 9.17) is 19.5 Å². The van der Waals surface area contributed by atoms with Crippen molar-refractivity contribution in [3.63, 3.8) is 0 Å². The lowest BCUT2D eigenvalue weighted by molar-refractivity contribution is 0.0116. The Balaban J connectivity index is 1.46. The van der Waals surface area contributed by atoms with Crippen LogP contribution in [0.4, 0.5) is 8.78 Å². The lowest BCUT2D eigenvalue weighted by Crippen LogP contribution is -2.25. The van der Waals surface area contributed by atoms with E-state index < -0.39 is 23.2 Å². The summed E-state index contributed by atoms with van der Waals surface area (Å²) in [7, 11) is 0. The number of carbonyl (C=O) groups is 1. The van der Waals surface area contributed by atoms with Crippen molar-refractivity contribution in [3.8, 4) is 17.6 Å². The third kappa shape index (κ3) is 6.51. The van der Waals surface area contributed by atoms with E-state index in [0.29, 0.717) is 24.4 Å². The van der Waals surface area contributed by atoms with Crippen molar-refractivity contribution in [2.24, 2.45) is 5.92 Å². The van der Waals surface area contributed by atoms with Crippen LogP contribution in [0, 0.1) is 28.9 Å². The van der Waals surface area contributed by atoms with Gasteiger partial charge in [0, 0.05) is 18.7 Å². The second kappa shape index (κ2) is 11.6. The van der Waals surface area contributed by atoms with Crippen LogP contribution in [0.1, 0.15) is 61.4 Å². The summed E-state index contributed by atoms with van der Waals surface area (Å²) < 4.78 is 44.1. The number of hydrogen-bond donors (Lipinski definition) is 0. The average molecular weight is 443 g/mol. The fraction of sp³-hybridized carbons (Fsp3) is 0.440. The van der Waals surface area contributed by atoms with Crippen molar-refractivity contribution in [2.45, 2.75) is 51.6 Å². The summed E-state index contributed by atoms with van der Waals surface area (Å²) in [5.74, 6) is -2.12. The lowest BCUT2D eigenvalue weighted by Gasteiger charge is -2.28. The molecule has 0 saturated heterocycles. The zero-order valence-electron chi connectivity index (χ0n) is 18.1. The third-order valence-corrected chi connectivity index (χ3v) is 5.56. The molecular formula is C25H27F2NO4. The number of nitriles is 1. The first-order chi connectivity index (χ1) is 15.5. The van der Waals surface area contributed by atoms with Crippen LogP contribution in [0.5, 0.6) is 11.5 Å². The fourth-order valence-electron chi connectivity index (χ4n) is 3.64. The molecule has 2 aromatic rings. The lowest BCUT2D eigenvalue weighted by atomic mass is 9.88. The molecule has 2 aromatic carbocycles. The Labute approximate surface area is 186 Å². The van der Waals surface area contributed by atoms with Gasteiger partial charge < -0.3 is 14.2 Å². The van der Waals surface area contributed by atoms with Gasteiger partial charge >= 0.3 is 5.97 Å². The molecular weight excluding hydrogens is 416 g/mol. The van der Waals surface area contributed by atoms with Crippen molar-refractivity contribution in [1.29, 1.82) is 5.26 Å². The first-order valence-electron chi connectivity index (χ1n) is 11.0. The monoisotopic (exact) mass is 443 g/mol. The van der Waals surface area contributed by atoms with Crippen molar-refractivity contribution in [1.82, 2.24) is 0 Å². The molecule has 0 aromatic heterocycles. The van der Waals surface area contributed by atoms with Crippen molar-refractivity contribution < 1.29 is 27.8 Å². The summed E-state index contributed by atoms with van der Waals surface area (Å²) in [6, 6.07) is 9.43. The predicted octanol–water partition coefficient (Wildman–Crippen LogP) is 5.81. The molecule has 0 heterocycles. The molecule has 1 aliphatic rings. The van der Waals surface area contributed by atoms with Gasteiger partial charge in [0.1, 0.15) is 34.8 Å². The molecule has 32 heavy (non-hydrogen) atoms. The van der Waals surface area contributed by atoms with E-state index in [9.17, 15) is 13.6 Å². The minimum Gasteiger partial charge on any atom is -0.493 e. The van der Waals surface area contributed by atoms with Gasteiger partial charge in [-0.1, -0.05) is 13.3 Å². The maximum absolute atomic E-state index is 13.7. The summed E-state index contributed by atoms with van der Waals surface area (Å²) in [6.45, 7) is 3.60. The highest BCUT2D eigenvalue weighted by Gasteiger charge is 2.22. The van der Waals surface area contributed by atoms with Gasteiger partial charge in [0.15, 0.2) is 0 Å². The number of nitrogens with zero attached hydrogens (tertiary/aromatic N) is 1. The van der Waals surface area contributed by atoms with E-state index in [0.717, 1.165) is 57.3 Å². The Kier molecular flexibility index (Phi) is 8.57. The maximum Gasteiger partial charge on any atom is 0.343 e. The largest absolute Gasteiger partial charge is 0.493 e. The highest BCUT2D eigenvalue weighted by molar-refractivity contribution is 5.91. The van der Waals surface area contributed by atoms with Crippen LogP contribution in [0.25, 0.3) is 0 Å². The molecule has 0 atom stereocenters. The standard InChI is InChI=1S/C25H27F2NO4/c1-2-3-12-30-19-8-4-17(5-9-19)16-31-20-10-6-18(7-11-20)25(29)32-21-13-23(26)22(15-28)24(27)14-21/h6-7,10-11,13-14,17,19H,2-5,8-9,12,16H2,1H3. The number of carbonyl (C=O) groups excluding carboxylic acids is 1. The summed E-state index contributed by atoms with van der Waals surface area (Å²) in [5.41, 5.74) is -0.504. The Morgan fingerprint density at radius 3 is 2.31 bits per heavy atom. The second-order valence-electron chi connectivity index (χ2n) is 7.97. The third-order valence-electron chi connectivity index (χ3n) is 5.56. The van der Waals surface area contributed by atoms with Crippen molar-refractivity contribution in [3.05, 3.63) is 59.2 Å². The van der Waals surface area contributed by atoms with Gasteiger partial charge in [-0.05, 0) is 62.3 Å². The van der Waals surface area contributed by atoms with Crippen LogP contribution in [0.15, 0.2) is 36.4 Å². The average Bonchev–Trinajstić information content (AvgIpc) is 2.79. The topological polar surface area (TPSA) is 68.6 Å². The Morgan fingerprint density at radius 2 is 1.72 bits per heavy atom. The van der Waals surface area contributed by atoms with Gasteiger partial charge in [-0.15, -0.1) is 0 Å². The number of hydrogen-bond acceptors (Lipinski definition) is 5. The minimum absolute atomic E-state index is 0.215. The second-order valence-corrected chi connectivity index (χ2v) is 7.97. The smallest absolute Gasteiger partial charge is 0.343 e. The molecule has 5 nitrogen and oxygen atoms in total. The van der Waals surface area contributed by atoms with E-state index in [2.05, 4.69) is 6.92 Å². The normalized spacial score (nSPS) is 18.1. The number of rotatable bonds is 9. The Hall–Kier alpha value is -2.98. The molecule has 0 unspecified atom stereocenters. The Bertz CT molecular complexity index is 924. The van der Waals surface area contributed by atoms with E-state index in [1.165, 1.54) is 18.2 Å². The molecule has 1 aliphatic carbocycles. The highest BCUT2D eigenvalue weighted by atomic mass is 19.1. The molecule has 0 spiro atoms. The van der Waals surface area contributed by atoms with Crippen molar-refractivity contribution >= 4 is 5.97 Å². The number of esters is 1. The predicted molar refractivity (Wildman–Crippen MR) is 115 cm³/mol. The molecule has 3 rings (SSSR count). The fourth-order valence-corrected chi connectivity index (χ4v) is 3.64. The van der Waals surface area contributed by atoms with E-state index in [-0.39, 0.29) is 11.3 Å². The number of unbranched alkanes of at least 4 members (excludes halogenated alkanes) is 1. The quantitative estimate of drug-likeness (QED) is 0.278. The molecule has 0 radical (unpaired) electrons. The molecule has 0 N–H and O–H groups in total. The Morgan fingerprint density at radius 1 is 1.06 bits per heavy atom. The number of halogens is 2. The molecule has 0 amide bonds. The van der Waals surface area contributed by atoms with Crippen LogP contribution in [0.2, 0.25) is 0 Å². The van der Waals surface area contributed by atoms with E-state index >= 15 is 0 Å². The van der Waals surface area contributed by atoms with Gasteiger partial charge in [0.2, 0.25) is 0 Å². The molecule has 0 bridgehead atoms. The molecule has 170 valence electrons. The van der Waals surface area contributed by atoms with Gasteiger partial charge in [0.25, 0.3) is 0 Å². The summed E-state index contributed by atoms with van der Waals surface area (Å²) in [6.07, 6.45) is 6.86. The SMILES string of the molecule is CCCCOC1CCC(COc2ccc(C(=O)Oc3cc(F)c(C#N)c(F)c3)cc2)CC1. The first kappa shape index (κ1) is 23.7. The molecule has 1 fully saturated rings. The van der Waals surface area contributed by atoms with Crippen molar-refractivity contribution in [2.75, 3.05) is 13.2 Å². The van der Waals surface area contributed by atoms with Gasteiger partial charge in [-0.2, -0.15) is 5.26 Å². The molecule has 1 saturated carbocycles. The minimum atomic E-state index is -1.08. The summed E-state index contributed by atoms with van der Waals surface area (Å²) in [5, 5.41) is 8.70. The number of ether oxygens (including phenoxy) is 3. The van der Waals surface area contributed by atoms with Gasteiger partial charge in [-0.3, -0.25) is 0 Å². The van der Waals surface area contributed by atoms with Crippen LogP contribution in [-0.4, -0.2) is 25.3 Å².